The van der Waals surface area contributed by atoms with Crippen molar-refractivity contribution >= 4 is 23.3 Å². The molecular formula is C24H30N2O4S. The summed E-state index contributed by atoms with van der Waals surface area (Å²) in [4.78, 5) is 28.9. The molecule has 1 atom stereocenters. The fourth-order valence-corrected chi connectivity index (χ4v) is 5.15. The number of hydrogen-bond acceptors (Lipinski definition) is 5. The number of rotatable bonds is 3. The third-order valence-corrected chi connectivity index (χ3v) is 6.78. The van der Waals surface area contributed by atoms with Crippen LogP contribution in [0.15, 0.2) is 24.3 Å². The van der Waals surface area contributed by atoms with Gasteiger partial charge in [0.25, 0.3) is 5.91 Å². The van der Waals surface area contributed by atoms with E-state index in [9.17, 15) is 9.59 Å². The van der Waals surface area contributed by atoms with Gasteiger partial charge < -0.3 is 19.7 Å². The van der Waals surface area contributed by atoms with E-state index in [4.69, 9.17) is 9.47 Å². The smallest absolute Gasteiger partial charge is 0.407 e. The maximum Gasteiger partial charge on any atom is 0.407 e. The van der Waals surface area contributed by atoms with Gasteiger partial charge in [-0.25, -0.2) is 4.79 Å². The van der Waals surface area contributed by atoms with Gasteiger partial charge in [0.15, 0.2) is 0 Å². The maximum absolute atomic E-state index is 13.2. The van der Waals surface area contributed by atoms with Crippen molar-refractivity contribution in [2.45, 2.75) is 58.6 Å². The topological polar surface area (TPSA) is 67.9 Å². The molecule has 0 spiro atoms. The fourth-order valence-electron chi connectivity index (χ4n) is 4.01. The van der Waals surface area contributed by atoms with E-state index in [0.717, 1.165) is 52.5 Å². The van der Waals surface area contributed by atoms with Gasteiger partial charge >= 0.3 is 6.09 Å². The average Bonchev–Trinajstić information content (AvgIpc) is 3.32. The Morgan fingerprint density at radius 1 is 1.26 bits per heavy atom. The minimum atomic E-state index is -0.537. The van der Waals surface area contributed by atoms with Crippen molar-refractivity contribution in [1.82, 2.24) is 10.2 Å². The van der Waals surface area contributed by atoms with Crippen LogP contribution in [0, 0.1) is 6.92 Å². The molecule has 31 heavy (non-hydrogen) atoms. The van der Waals surface area contributed by atoms with Gasteiger partial charge in [-0.05, 0) is 75.8 Å². The molecule has 166 valence electrons. The standard InChI is InChI=1S/C24H30N2O4S/c1-15-12-20(17-8-7-16-6-5-11-29-19(16)13-17)31-21(15)22(27)26-10-9-18(14-26)25-23(28)30-24(2,3)4/h7-8,12-13,18H,5-6,9-11,14H2,1-4H3,(H,25,28)/t18-/m0/s1. The lowest BCUT2D eigenvalue weighted by Crippen LogP contribution is -2.41. The van der Waals surface area contributed by atoms with Crippen molar-refractivity contribution in [2.75, 3.05) is 19.7 Å². The first-order valence-electron chi connectivity index (χ1n) is 10.8. The van der Waals surface area contributed by atoms with E-state index in [0.29, 0.717) is 13.1 Å². The largest absolute Gasteiger partial charge is 0.493 e. The molecule has 2 aromatic rings. The molecule has 2 aliphatic rings. The molecule has 2 amide bonds. The molecule has 1 aromatic heterocycles. The van der Waals surface area contributed by atoms with E-state index < -0.39 is 11.7 Å². The minimum Gasteiger partial charge on any atom is -0.493 e. The van der Waals surface area contributed by atoms with Crippen LogP contribution in [0.4, 0.5) is 4.79 Å². The zero-order valence-corrected chi connectivity index (χ0v) is 19.4. The lowest BCUT2D eigenvalue weighted by molar-refractivity contribution is 0.0502. The molecule has 6 nitrogen and oxygen atoms in total. The molecule has 0 radical (unpaired) electrons. The fraction of sp³-hybridized carbons (Fsp3) is 0.500. The maximum atomic E-state index is 13.2. The number of benzene rings is 1. The number of carbonyl (C=O) groups is 2. The van der Waals surface area contributed by atoms with E-state index in [1.54, 1.807) is 0 Å². The van der Waals surface area contributed by atoms with Crippen LogP contribution in [0.3, 0.4) is 0 Å². The molecule has 1 aromatic carbocycles. The van der Waals surface area contributed by atoms with Gasteiger partial charge in [-0.2, -0.15) is 0 Å². The summed E-state index contributed by atoms with van der Waals surface area (Å²) in [6.07, 6.45) is 2.40. The normalized spacial score (nSPS) is 18.3. The second-order valence-corrected chi connectivity index (χ2v) is 10.3. The van der Waals surface area contributed by atoms with Crippen LogP contribution in [-0.2, 0) is 11.2 Å². The summed E-state index contributed by atoms with van der Waals surface area (Å²) in [5.41, 5.74) is 2.77. The number of alkyl carbamates (subject to hydrolysis) is 1. The number of fused-ring (bicyclic) bond motifs is 1. The summed E-state index contributed by atoms with van der Waals surface area (Å²) in [7, 11) is 0. The van der Waals surface area contributed by atoms with Crippen molar-refractivity contribution in [3.63, 3.8) is 0 Å². The molecule has 4 rings (SSSR count). The summed E-state index contributed by atoms with van der Waals surface area (Å²) in [5.74, 6) is 0.981. The van der Waals surface area contributed by atoms with Gasteiger partial charge in [-0.3, -0.25) is 4.79 Å². The van der Waals surface area contributed by atoms with Gasteiger partial charge in [0.05, 0.1) is 17.5 Å². The van der Waals surface area contributed by atoms with Crippen molar-refractivity contribution in [3.8, 4) is 16.2 Å². The van der Waals surface area contributed by atoms with Gasteiger partial charge in [-0.1, -0.05) is 12.1 Å². The van der Waals surface area contributed by atoms with Gasteiger partial charge in [0.2, 0.25) is 0 Å². The van der Waals surface area contributed by atoms with Crippen LogP contribution in [0.5, 0.6) is 5.75 Å². The monoisotopic (exact) mass is 442 g/mol. The predicted molar refractivity (Wildman–Crippen MR) is 122 cm³/mol. The molecule has 1 fully saturated rings. The number of aryl methyl sites for hydroxylation is 2. The van der Waals surface area contributed by atoms with Crippen LogP contribution in [0.25, 0.3) is 10.4 Å². The molecule has 7 heteroatoms. The number of amides is 2. The molecule has 0 unspecified atom stereocenters. The average molecular weight is 443 g/mol. The lowest BCUT2D eigenvalue weighted by Gasteiger charge is -2.22. The zero-order valence-electron chi connectivity index (χ0n) is 18.6. The van der Waals surface area contributed by atoms with Crippen LogP contribution in [0.2, 0.25) is 0 Å². The second-order valence-electron chi connectivity index (χ2n) is 9.28. The first-order chi connectivity index (χ1) is 14.7. The van der Waals surface area contributed by atoms with Crippen molar-refractivity contribution in [1.29, 1.82) is 0 Å². The Bertz CT molecular complexity index is 992. The van der Waals surface area contributed by atoms with E-state index >= 15 is 0 Å². The Hall–Kier alpha value is -2.54. The van der Waals surface area contributed by atoms with E-state index in [1.165, 1.54) is 16.9 Å². The number of thiophene rings is 1. The number of nitrogens with one attached hydrogen (secondary N) is 1. The quantitative estimate of drug-likeness (QED) is 0.742. The predicted octanol–water partition coefficient (Wildman–Crippen LogP) is 4.79. The molecule has 3 heterocycles. The number of carbonyl (C=O) groups excluding carboxylic acids is 2. The first-order valence-corrected chi connectivity index (χ1v) is 11.7. The van der Waals surface area contributed by atoms with Crippen molar-refractivity contribution in [2.24, 2.45) is 0 Å². The van der Waals surface area contributed by atoms with E-state index in [-0.39, 0.29) is 11.9 Å². The Kier molecular flexibility index (Phi) is 5.97. The minimum absolute atomic E-state index is 0.0245. The highest BCUT2D eigenvalue weighted by molar-refractivity contribution is 7.17. The summed E-state index contributed by atoms with van der Waals surface area (Å²) in [6.45, 7) is 9.37. The molecular weight excluding hydrogens is 412 g/mol. The van der Waals surface area contributed by atoms with Gasteiger partial charge in [-0.15, -0.1) is 11.3 Å². The van der Waals surface area contributed by atoms with Crippen molar-refractivity contribution in [3.05, 3.63) is 40.3 Å². The Morgan fingerprint density at radius 3 is 2.84 bits per heavy atom. The Labute approximate surface area is 187 Å². The summed E-state index contributed by atoms with van der Waals surface area (Å²) >= 11 is 1.52. The summed E-state index contributed by atoms with van der Waals surface area (Å²) in [5, 5.41) is 2.88. The summed E-state index contributed by atoms with van der Waals surface area (Å²) in [6, 6.07) is 8.33. The molecule has 0 aliphatic carbocycles. The highest BCUT2D eigenvalue weighted by Crippen LogP contribution is 2.36. The molecule has 2 aliphatic heterocycles. The number of hydrogen-bond donors (Lipinski definition) is 1. The highest BCUT2D eigenvalue weighted by Gasteiger charge is 2.31. The Morgan fingerprint density at radius 2 is 2.06 bits per heavy atom. The van der Waals surface area contributed by atoms with Gasteiger partial charge in [0, 0.05) is 18.0 Å². The van der Waals surface area contributed by atoms with Gasteiger partial charge in [0.1, 0.15) is 11.4 Å². The highest BCUT2D eigenvalue weighted by atomic mass is 32.1. The van der Waals surface area contributed by atoms with E-state index in [1.807, 2.05) is 32.6 Å². The molecule has 1 N–H and O–H groups in total. The van der Waals surface area contributed by atoms with E-state index in [2.05, 4.69) is 29.6 Å². The summed E-state index contributed by atoms with van der Waals surface area (Å²) < 4.78 is 11.1. The van der Waals surface area contributed by atoms with Crippen molar-refractivity contribution < 1.29 is 19.1 Å². The van der Waals surface area contributed by atoms with Crippen LogP contribution < -0.4 is 10.1 Å². The van der Waals surface area contributed by atoms with Crippen LogP contribution in [-0.4, -0.2) is 48.2 Å². The Balaban J connectivity index is 1.43. The SMILES string of the molecule is Cc1cc(-c2ccc3c(c2)OCCC3)sc1C(=O)N1CC[C@H](NC(=O)OC(C)(C)C)C1. The number of nitrogens with zero attached hydrogens (tertiary/aromatic N) is 1. The molecule has 1 saturated heterocycles. The lowest BCUT2D eigenvalue weighted by atomic mass is 10.0. The number of likely N-dealkylation sites (tertiary alicyclic amines) is 1. The molecule has 0 saturated carbocycles. The third kappa shape index (κ3) is 5.03. The second kappa shape index (κ2) is 8.54. The molecule has 0 bridgehead atoms. The first kappa shape index (κ1) is 21.7. The van der Waals surface area contributed by atoms with Crippen LogP contribution in [0.1, 0.15) is 54.4 Å². The number of ether oxygens (including phenoxy) is 2. The van der Waals surface area contributed by atoms with Crippen LogP contribution >= 0.6 is 11.3 Å². The zero-order chi connectivity index (χ0) is 22.2. The third-order valence-electron chi connectivity index (χ3n) is 5.51.